The molecule has 0 aliphatic carbocycles. The molecule has 6 rings (SSSR count). The van der Waals surface area contributed by atoms with Gasteiger partial charge in [0.05, 0.1) is 5.75 Å². The highest BCUT2D eigenvalue weighted by molar-refractivity contribution is 9.10. The van der Waals surface area contributed by atoms with Crippen LogP contribution in [0.2, 0.25) is 0 Å². The molecule has 0 bridgehead atoms. The molecule has 10 nitrogen and oxygen atoms in total. The summed E-state index contributed by atoms with van der Waals surface area (Å²) in [7, 11) is -3.12. The standard InChI is InChI=1S/C24H21N3.C6H8B3O6.C6H6BrN/c25-22-10-4-1-7-19(22)16-13-17(20-8-2-5-11-23(20)26)15-18(14-16)21-9-3-6-12-24(21)27;10-7-15-6-2-4(8(11)12)1-5(3-6)9(13)14;7-5-3-1-2-4-6(5)8/h1-15H,25-27H2;1-3,10-14H;1-4H,8H2. The molecule has 0 aliphatic rings. The third-order valence-electron chi connectivity index (χ3n) is 7.39. The van der Waals surface area contributed by atoms with Crippen molar-refractivity contribution in [1.29, 1.82) is 0 Å². The van der Waals surface area contributed by atoms with Crippen molar-refractivity contribution in [2.75, 3.05) is 22.9 Å². The molecule has 0 fully saturated rings. The number of anilines is 4. The summed E-state index contributed by atoms with van der Waals surface area (Å²) in [5.41, 5.74) is 33.3. The first-order valence-electron chi connectivity index (χ1n) is 15.2. The van der Waals surface area contributed by atoms with Gasteiger partial charge in [0.25, 0.3) is 0 Å². The maximum atomic E-state index is 8.89. The molecule has 251 valence electrons. The van der Waals surface area contributed by atoms with Gasteiger partial charge >= 0.3 is 21.9 Å². The Balaban J connectivity index is 0.000000204. The first-order valence-corrected chi connectivity index (χ1v) is 16.0. The van der Waals surface area contributed by atoms with Crippen LogP contribution in [0.25, 0.3) is 33.4 Å². The van der Waals surface area contributed by atoms with Gasteiger partial charge in [0.2, 0.25) is 0 Å². The van der Waals surface area contributed by atoms with Crippen LogP contribution in [0.1, 0.15) is 0 Å². The summed E-state index contributed by atoms with van der Waals surface area (Å²) in [5, 5.41) is 43.9. The van der Waals surface area contributed by atoms with E-state index in [1.165, 1.54) is 18.2 Å². The van der Waals surface area contributed by atoms with E-state index in [0.717, 1.165) is 60.6 Å². The second-order valence-electron chi connectivity index (χ2n) is 10.9. The molecule has 0 saturated carbocycles. The number of rotatable bonds is 7. The van der Waals surface area contributed by atoms with E-state index in [1.54, 1.807) is 0 Å². The van der Waals surface area contributed by atoms with Crippen LogP contribution in [0, 0.1) is 0 Å². The molecule has 0 aromatic heterocycles. The van der Waals surface area contributed by atoms with Crippen LogP contribution < -0.4 is 38.5 Å². The number of nitrogens with two attached hydrogens (primary N) is 4. The number of para-hydroxylation sites is 4. The maximum Gasteiger partial charge on any atom is 0.569 e. The van der Waals surface area contributed by atoms with E-state index in [4.69, 9.17) is 48.1 Å². The summed E-state index contributed by atoms with van der Waals surface area (Å²) >= 11 is 3.27. The lowest BCUT2D eigenvalue weighted by molar-refractivity contribution is 0.423. The molecular formula is C36H35B3BrN4O6. The zero-order chi connectivity index (χ0) is 36.2. The minimum Gasteiger partial charge on any atom is -0.537 e. The molecule has 0 atom stereocenters. The lowest BCUT2D eigenvalue weighted by Gasteiger charge is -2.14. The maximum absolute atomic E-state index is 8.89. The fraction of sp³-hybridized carbons (Fsp3) is 0. The van der Waals surface area contributed by atoms with Crippen molar-refractivity contribution >= 4 is 71.5 Å². The molecule has 0 heterocycles. The topological polar surface area (TPSA) is 214 Å². The van der Waals surface area contributed by atoms with Crippen molar-refractivity contribution in [3.05, 3.63) is 138 Å². The Labute approximate surface area is 300 Å². The molecule has 0 aliphatic heterocycles. The number of benzene rings is 6. The normalized spacial score (nSPS) is 10.1. The average molecular weight is 732 g/mol. The van der Waals surface area contributed by atoms with Crippen molar-refractivity contribution in [1.82, 2.24) is 0 Å². The van der Waals surface area contributed by atoms with Crippen LogP contribution in [0.5, 0.6) is 5.75 Å². The predicted molar refractivity (Wildman–Crippen MR) is 209 cm³/mol. The third-order valence-corrected chi connectivity index (χ3v) is 8.11. The zero-order valence-corrected chi connectivity index (χ0v) is 28.4. The van der Waals surface area contributed by atoms with Crippen LogP contribution in [0.4, 0.5) is 22.7 Å². The van der Waals surface area contributed by atoms with Gasteiger partial charge in [0.15, 0.2) is 0 Å². The SMILES string of the molecule is Nc1ccccc1-c1cc(-c2ccccc2N)cc(-c2ccccc2N)c1.Nc1ccccc1Br.O[B]Oc1cc(B(O)O)cc(B(O)O)c1. The largest absolute Gasteiger partial charge is 0.569 e. The van der Waals surface area contributed by atoms with E-state index < -0.39 is 14.2 Å². The Morgan fingerprint density at radius 1 is 0.480 bits per heavy atom. The minimum atomic E-state index is -1.76. The summed E-state index contributed by atoms with van der Waals surface area (Å²) in [6.45, 7) is 0. The van der Waals surface area contributed by atoms with Gasteiger partial charge in [-0.3, -0.25) is 0 Å². The van der Waals surface area contributed by atoms with Gasteiger partial charge in [-0.05, 0) is 104 Å². The van der Waals surface area contributed by atoms with Crippen molar-refractivity contribution in [3.8, 4) is 39.1 Å². The molecule has 0 amide bonds. The van der Waals surface area contributed by atoms with E-state index in [2.05, 4.69) is 38.8 Å². The number of hydrogen-bond acceptors (Lipinski definition) is 10. The molecule has 0 spiro atoms. The summed E-state index contributed by atoms with van der Waals surface area (Å²) in [6.07, 6.45) is 0. The Morgan fingerprint density at radius 3 is 1.10 bits per heavy atom. The highest BCUT2D eigenvalue weighted by Crippen LogP contribution is 2.37. The smallest absolute Gasteiger partial charge is 0.537 e. The Bertz CT molecular complexity index is 1840. The van der Waals surface area contributed by atoms with Gasteiger partial charge in [-0.1, -0.05) is 72.8 Å². The summed E-state index contributed by atoms with van der Waals surface area (Å²) in [4.78, 5) is 0. The highest BCUT2D eigenvalue weighted by Gasteiger charge is 2.19. The first kappa shape index (κ1) is 37.6. The van der Waals surface area contributed by atoms with Crippen LogP contribution in [0.3, 0.4) is 0 Å². The lowest BCUT2D eigenvalue weighted by Crippen LogP contribution is -2.38. The van der Waals surface area contributed by atoms with E-state index in [0.29, 0.717) is 7.69 Å². The van der Waals surface area contributed by atoms with Crippen LogP contribution in [0.15, 0.2) is 138 Å². The predicted octanol–water partition coefficient (Wildman–Crippen LogP) is 3.42. The van der Waals surface area contributed by atoms with Gasteiger partial charge in [0, 0.05) is 43.9 Å². The molecule has 1 radical (unpaired) electrons. The van der Waals surface area contributed by atoms with Crippen LogP contribution in [-0.2, 0) is 0 Å². The van der Waals surface area contributed by atoms with Gasteiger partial charge in [0.1, 0.15) is 0 Å². The third kappa shape index (κ3) is 10.2. The van der Waals surface area contributed by atoms with E-state index in [9.17, 15) is 0 Å². The average Bonchev–Trinajstić information content (AvgIpc) is 3.10. The molecule has 50 heavy (non-hydrogen) atoms. The summed E-state index contributed by atoms with van der Waals surface area (Å²) in [6, 6.07) is 41.3. The number of nitrogen functional groups attached to an aromatic ring is 4. The second-order valence-corrected chi connectivity index (χ2v) is 11.7. The van der Waals surface area contributed by atoms with Gasteiger partial charge in [-0.15, -0.1) is 0 Å². The molecular weight excluding hydrogens is 697 g/mol. The fourth-order valence-corrected chi connectivity index (χ4v) is 5.21. The van der Waals surface area contributed by atoms with Crippen molar-refractivity contribution in [2.24, 2.45) is 0 Å². The Hall–Kier alpha value is -5.21. The van der Waals surface area contributed by atoms with Crippen LogP contribution >= 0.6 is 15.9 Å². The van der Waals surface area contributed by atoms with E-state index in [-0.39, 0.29) is 16.7 Å². The monoisotopic (exact) mass is 731 g/mol. The first-order chi connectivity index (χ1) is 24.0. The van der Waals surface area contributed by atoms with Crippen molar-refractivity contribution in [2.45, 2.75) is 0 Å². The van der Waals surface area contributed by atoms with Gasteiger partial charge in [-0.2, -0.15) is 0 Å². The lowest BCUT2D eigenvalue weighted by atomic mass is 9.73. The summed E-state index contributed by atoms with van der Waals surface area (Å²) < 4.78 is 5.53. The molecule has 6 aromatic carbocycles. The Morgan fingerprint density at radius 2 is 0.820 bits per heavy atom. The molecule has 14 heteroatoms. The quantitative estimate of drug-likeness (QED) is 0.0862. The van der Waals surface area contributed by atoms with E-state index in [1.807, 2.05) is 97.1 Å². The van der Waals surface area contributed by atoms with Crippen molar-refractivity contribution < 1.29 is 29.8 Å². The summed E-state index contributed by atoms with van der Waals surface area (Å²) in [5.74, 6) is 0.0613. The second kappa shape index (κ2) is 18.0. The van der Waals surface area contributed by atoms with E-state index >= 15 is 0 Å². The fourth-order valence-electron chi connectivity index (χ4n) is 4.92. The minimum absolute atomic E-state index is 0.0254. The van der Waals surface area contributed by atoms with Crippen molar-refractivity contribution in [3.63, 3.8) is 0 Å². The Kier molecular flexibility index (Phi) is 13.5. The zero-order valence-electron chi connectivity index (χ0n) is 26.8. The molecule has 13 N–H and O–H groups in total. The molecule has 0 saturated heterocycles. The van der Waals surface area contributed by atoms with Gasteiger partial charge < -0.3 is 52.7 Å². The molecule has 0 unspecified atom stereocenters. The van der Waals surface area contributed by atoms with Gasteiger partial charge in [-0.25, -0.2) is 0 Å². The molecule has 6 aromatic rings. The number of hydrogen-bond donors (Lipinski definition) is 9. The highest BCUT2D eigenvalue weighted by atomic mass is 79.9. The van der Waals surface area contributed by atoms with Crippen LogP contribution in [-0.4, -0.2) is 47.0 Å². The number of halogens is 1.